The highest BCUT2D eigenvalue weighted by Gasteiger charge is 2.43. The average Bonchev–Trinajstić information content (AvgIpc) is 3.02. The molecule has 0 spiro atoms. The number of anilines is 1. The summed E-state index contributed by atoms with van der Waals surface area (Å²) in [6.45, 7) is 2.57. The first-order valence-electron chi connectivity index (χ1n) is 5.52. The van der Waals surface area contributed by atoms with Gasteiger partial charge in [-0.2, -0.15) is 5.26 Å². The number of nitrogen functional groups attached to an aromatic ring is 1. The number of nitriles is 1. The van der Waals surface area contributed by atoms with Crippen molar-refractivity contribution in [1.82, 2.24) is 0 Å². The van der Waals surface area contributed by atoms with Crippen molar-refractivity contribution in [3.8, 4) is 11.8 Å². The third-order valence-electron chi connectivity index (χ3n) is 3.23. The Kier molecular flexibility index (Phi) is 2.74. The maximum Gasteiger partial charge on any atom is 0.142 e. The van der Waals surface area contributed by atoms with Gasteiger partial charge < -0.3 is 10.5 Å². The van der Waals surface area contributed by atoms with Gasteiger partial charge in [0.25, 0.3) is 0 Å². The van der Waals surface area contributed by atoms with E-state index in [9.17, 15) is 0 Å². The molecule has 0 bridgehead atoms. The molecule has 1 aliphatic rings. The summed E-state index contributed by atoms with van der Waals surface area (Å²) >= 11 is 0. The third-order valence-corrected chi connectivity index (χ3v) is 3.23. The molecule has 2 N–H and O–H groups in total. The van der Waals surface area contributed by atoms with Crippen LogP contribution < -0.4 is 10.5 Å². The van der Waals surface area contributed by atoms with Crippen molar-refractivity contribution in [3.63, 3.8) is 0 Å². The Bertz CT molecular complexity index is 430. The Hall–Kier alpha value is -1.69. The summed E-state index contributed by atoms with van der Waals surface area (Å²) in [6, 6.07) is 8.00. The van der Waals surface area contributed by atoms with E-state index in [1.165, 1.54) is 0 Å². The Morgan fingerprint density at radius 1 is 1.50 bits per heavy atom. The van der Waals surface area contributed by atoms with Gasteiger partial charge >= 0.3 is 0 Å². The summed E-state index contributed by atoms with van der Waals surface area (Å²) < 4.78 is 5.72. The van der Waals surface area contributed by atoms with Crippen LogP contribution in [0, 0.1) is 23.7 Å². The zero-order chi connectivity index (χ0) is 11.6. The summed E-state index contributed by atoms with van der Waals surface area (Å²) in [5.74, 6) is 0.740. The standard InChI is InChI=1S/C13H16N2O/c1-10-3-2-4-11(12(10)15)16-9-13(5-6-13)7-8-14/h2-4H,5-7,9,15H2,1H3. The molecule has 0 aromatic heterocycles. The fraction of sp³-hybridized carbons (Fsp3) is 0.462. The molecule has 0 aliphatic heterocycles. The van der Waals surface area contributed by atoms with E-state index in [0.717, 1.165) is 24.2 Å². The lowest BCUT2D eigenvalue weighted by molar-refractivity contribution is 0.238. The Morgan fingerprint density at radius 3 is 2.88 bits per heavy atom. The topological polar surface area (TPSA) is 59.0 Å². The van der Waals surface area contributed by atoms with E-state index in [1.807, 2.05) is 25.1 Å². The van der Waals surface area contributed by atoms with Gasteiger partial charge in [-0.3, -0.25) is 0 Å². The van der Waals surface area contributed by atoms with Gasteiger partial charge in [0.2, 0.25) is 0 Å². The van der Waals surface area contributed by atoms with Crippen LogP contribution in [0.4, 0.5) is 5.69 Å². The highest BCUT2D eigenvalue weighted by molar-refractivity contribution is 5.57. The molecule has 0 saturated heterocycles. The highest BCUT2D eigenvalue weighted by atomic mass is 16.5. The van der Waals surface area contributed by atoms with Crippen LogP contribution in [0.3, 0.4) is 0 Å². The van der Waals surface area contributed by atoms with E-state index >= 15 is 0 Å². The number of ether oxygens (including phenoxy) is 1. The lowest BCUT2D eigenvalue weighted by Gasteiger charge is -2.15. The van der Waals surface area contributed by atoms with Crippen LogP contribution in [-0.4, -0.2) is 6.61 Å². The largest absolute Gasteiger partial charge is 0.491 e. The summed E-state index contributed by atoms with van der Waals surface area (Å²) in [6.07, 6.45) is 2.76. The number of rotatable bonds is 4. The van der Waals surface area contributed by atoms with E-state index in [4.69, 9.17) is 15.7 Å². The molecule has 0 heterocycles. The highest BCUT2D eigenvalue weighted by Crippen LogP contribution is 2.48. The summed E-state index contributed by atoms with van der Waals surface area (Å²) in [7, 11) is 0. The predicted octanol–water partition coefficient (Wildman–Crippen LogP) is 2.65. The smallest absolute Gasteiger partial charge is 0.142 e. The van der Waals surface area contributed by atoms with E-state index in [1.54, 1.807) is 0 Å². The molecule has 1 fully saturated rings. The number of aryl methyl sites for hydroxylation is 1. The second-order valence-electron chi connectivity index (χ2n) is 4.61. The molecule has 0 radical (unpaired) electrons. The minimum absolute atomic E-state index is 0.102. The normalized spacial score (nSPS) is 16.5. The maximum absolute atomic E-state index is 8.71. The van der Waals surface area contributed by atoms with Crippen LogP contribution in [0.5, 0.6) is 5.75 Å². The van der Waals surface area contributed by atoms with Gasteiger partial charge in [0.05, 0.1) is 18.4 Å². The first-order valence-corrected chi connectivity index (χ1v) is 5.52. The maximum atomic E-state index is 8.71. The van der Waals surface area contributed by atoms with Crippen LogP contribution in [0.15, 0.2) is 18.2 Å². The second kappa shape index (κ2) is 4.05. The minimum atomic E-state index is 0.102. The lowest BCUT2D eigenvalue weighted by atomic mass is 10.1. The Morgan fingerprint density at radius 2 is 2.25 bits per heavy atom. The zero-order valence-corrected chi connectivity index (χ0v) is 9.49. The van der Waals surface area contributed by atoms with Crippen molar-refractivity contribution in [1.29, 1.82) is 5.26 Å². The van der Waals surface area contributed by atoms with Crippen LogP contribution in [0.1, 0.15) is 24.8 Å². The molecule has 84 valence electrons. The molecule has 0 atom stereocenters. The van der Waals surface area contributed by atoms with Gasteiger partial charge in [0.1, 0.15) is 5.75 Å². The van der Waals surface area contributed by atoms with Crippen LogP contribution in [0.2, 0.25) is 0 Å². The van der Waals surface area contributed by atoms with E-state index in [2.05, 4.69) is 6.07 Å². The minimum Gasteiger partial charge on any atom is -0.491 e. The molecule has 1 aromatic carbocycles. The first-order chi connectivity index (χ1) is 7.67. The van der Waals surface area contributed by atoms with E-state index in [0.29, 0.717) is 18.7 Å². The molecule has 0 amide bonds. The van der Waals surface area contributed by atoms with Gasteiger partial charge in [-0.25, -0.2) is 0 Å². The fourth-order valence-corrected chi connectivity index (χ4v) is 1.73. The Labute approximate surface area is 95.8 Å². The van der Waals surface area contributed by atoms with Crippen molar-refractivity contribution < 1.29 is 4.74 Å². The molecule has 1 saturated carbocycles. The van der Waals surface area contributed by atoms with Gasteiger partial charge in [-0.05, 0) is 31.4 Å². The number of para-hydroxylation sites is 1. The summed E-state index contributed by atoms with van der Waals surface area (Å²) in [5, 5.41) is 8.71. The Balaban J connectivity index is 2.00. The quantitative estimate of drug-likeness (QED) is 0.787. The van der Waals surface area contributed by atoms with Crippen molar-refractivity contribution >= 4 is 5.69 Å². The molecule has 1 aromatic rings. The zero-order valence-electron chi connectivity index (χ0n) is 9.49. The molecule has 0 unspecified atom stereocenters. The van der Waals surface area contributed by atoms with E-state index in [-0.39, 0.29) is 5.41 Å². The van der Waals surface area contributed by atoms with Crippen LogP contribution in [0.25, 0.3) is 0 Å². The molecule has 16 heavy (non-hydrogen) atoms. The van der Waals surface area contributed by atoms with Crippen molar-refractivity contribution in [3.05, 3.63) is 23.8 Å². The number of benzene rings is 1. The number of hydrogen-bond donors (Lipinski definition) is 1. The SMILES string of the molecule is Cc1cccc(OCC2(CC#N)CC2)c1N. The van der Waals surface area contributed by atoms with Gasteiger partial charge in [-0.1, -0.05) is 12.1 Å². The molecular formula is C13H16N2O. The van der Waals surface area contributed by atoms with Gasteiger partial charge in [0.15, 0.2) is 0 Å². The van der Waals surface area contributed by atoms with Gasteiger partial charge in [-0.15, -0.1) is 0 Å². The monoisotopic (exact) mass is 216 g/mol. The van der Waals surface area contributed by atoms with Crippen molar-refractivity contribution in [2.24, 2.45) is 5.41 Å². The number of nitrogens with two attached hydrogens (primary N) is 1. The van der Waals surface area contributed by atoms with Crippen LogP contribution in [-0.2, 0) is 0 Å². The third kappa shape index (κ3) is 2.11. The second-order valence-corrected chi connectivity index (χ2v) is 4.61. The molecular weight excluding hydrogens is 200 g/mol. The molecule has 3 heteroatoms. The summed E-state index contributed by atoms with van der Waals surface area (Å²) in [4.78, 5) is 0. The fourth-order valence-electron chi connectivity index (χ4n) is 1.73. The van der Waals surface area contributed by atoms with E-state index < -0.39 is 0 Å². The lowest BCUT2D eigenvalue weighted by Crippen LogP contribution is -2.13. The van der Waals surface area contributed by atoms with Gasteiger partial charge in [0, 0.05) is 11.8 Å². The van der Waals surface area contributed by atoms with Crippen LogP contribution >= 0.6 is 0 Å². The average molecular weight is 216 g/mol. The number of hydrogen-bond acceptors (Lipinski definition) is 3. The molecule has 3 nitrogen and oxygen atoms in total. The van der Waals surface area contributed by atoms with Crippen molar-refractivity contribution in [2.75, 3.05) is 12.3 Å². The van der Waals surface area contributed by atoms with Crippen molar-refractivity contribution in [2.45, 2.75) is 26.2 Å². The molecule has 2 rings (SSSR count). The predicted molar refractivity (Wildman–Crippen MR) is 63.0 cm³/mol. The first kappa shape index (κ1) is 10.8. The molecule has 1 aliphatic carbocycles. The number of nitrogens with zero attached hydrogens (tertiary/aromatic N) is 1. The summed E-state index contributed by atoms with van der Waals surface area (Å²) in [5.41, 5.74) is 7.75.